The SMILES string of the molecule is CCC(C#N)NN=O. The van der Waals surface area contributed by atoms with Crippen molar-refractivity contribution >= 4 is 0 Å². The number of nitrogens with one attached hydrogen (secondary N) is 1. The number of hydrogen-bond donors (Lipinski definition) is 1. The van der Waals surface area contributed by atoms with Crippen LogP contribution in [0.2, 0.25) is 0 Å². The molecular weight excluding hydrogens is 106 g/mol. The lowest BCUT2D eigenvalue weighted by Crippen LogP contribution is -2.19. The van der Waals surface area contributed by atoms with Gasteiger partial charge in [-0.1, -0.05) is 6.92 Å². The topological polar surface area (TPSA) is 65.2 Å². The van der Waals surface area contributed by atoms with Gasteiger partial charge < -0.3 is 0 Å². The first kappa shape index (κ1) is 6.89. The van der Waals surface area contributed by atoms with Gasteiger partial charge in [0, 0.05) is 0 Å². The fourth-order valence-electron chi connectivity index (χ4n) is 0.275. The van der Waals surface area contributed by atoms with Crippen molar-refractivity contribution in [2.45, 2.75) is 19.4 Å². The molecule has 0 aromatic carbocycles. The summed E-state index contributed by atoms with van der Waals surface area (Å²) in [6.45, 7) is 1.80. The van der Waals surface area contributed by atoms with E-state index < -0.39 is 6.04 Å². The Morgan fingerprint density at radius 1 is 2.00 bits per heavy atom. The van der Waals surface area contributed by atoms with Gasteiger partial charge in [0.2, 0.25) is 0 Å². The molecule has 0 spiro atoms. The van der Waals surface area contributed by atoms with Crippen molar-refractivity contribution in [3.8, 4) is 6.07 Å². The Morgan fingerprint density at radius 2 is 2.62 bits per heavy atom. The minimum Gasteiger partial charge on any atom is -0.257 e. The van der Waals surface area contributed by atoms with Crippen LogP contribution in [-0.2, 0) is 0 Å². The monoisotopic (exact) mass is 113 g/mol. The molecule has 0 amide bonds. The second kappa shape index (κ2) is 4.06. The van der Waals surface area contributed by atoms with Crippen LogP contribution in [0.25, 0.3) is 0 Å². The standard InChI is InChI=1S/C4H7N3O/c1-2-4(3-5)6-7-8/h4H,2H2,1H3,(H,6,8). The molecule has 0 aromatic heterocycles. The molecule has 44 valence electrons. The zero-order valence-corrected chi connectivity index (χ0v) is 4.59. The van der Waals surface area contributed by atoms with Crippen LogP contribution in [0, 0.1) is 16.2 Å². The maximum absolute atomic E-state index is 9.42. The molecule has 0 aromatic rings. The molecule has 0 saturated carbocycles. The van der Waals surface area contributed by atoms with Crippen LogP contribution in [-0.4, -0.2) is 6.04 Å². The van der Waals surface area contributed by atoms with Crippen LogP contribution in [0.3, 0.4) is 0 Å². The maximum Gasteiger partial charge on any atom is 0.133 e. The summed E-state index contributed by atoms with van der Waals surface area (Å²) in [7, 11) is 0. The van der Waals surface area contributed by atoms with Crippen molar-refractivity contribution in [2.24, 2.45) is 5.29 Å². The summed E-state index contributed by atoms with van der Waals surface area (Å²) in [5, 5.41) is 10.5. The Bertz CT molecular complexity index is 106. The van der Waals surface area contributed by atoms with E-state index >= 15 is 0 Å². The van der Waals surface area contributed by atoms with E-state index in [-0.39, 0.29) is 0 Å². The Balaban J connectivity index is 3.40. The van der Waals surface area contributed by atoms with Gasteiger partial charge in [0.1, 0.15) is 6.04 Å². The third-order valence-corrected chi connectivity index (χ3v) is 0.773. The highest BCUT2D eigenvalue weighted by atomic mass is 16.3. The van der Waals surface area contributed by atoms with Crippen molar-refractivity contribution in [1.29, 1.82) is 5.26 Å². The Hall–Kier alpha value is -1.11. The third-order valence-electron chi connectivity index (χ3n) is 0.773. The largest absolute Gasteiger partial charge is 0.257 e. The van der Waals surface area contributed by atoms with Crippen molar-refractivity contribution in [3.05, 3.63) is 4.91 Å². The van der Waals surface area contributed by atoms with Crippen LogP contribution in [0.1, 0.15) is 13.3 Å². The lowest BCUT2D eigenvalue weighted by molar-refractivity contribution is 0.612. The summed E-state index contributed by atoms with van der Waals surface area (Å²) in [4.78, 5) is 9.42. The van der Waals surface area contributed by atoms with Gasteiger partial charge in [0.25, 0.3) is 0 Å². The van der Waals surface area contributed by atoms with E-state index in [0.717, 1.165) is 0 Å². The second-order valence-electron chi connectivity index (χ2n) is 1.31. The summed E-state index contributed by atoms with van der Waals surface area (Å²) in [5.74, 6) is 0. The minimum atomic E-state index is -0.424. The predicted molar refractivity (Wildman–Crippen MR) is 28.6 cm³/mol. The molecule has 4 heteroatoms. The molecule has 0 radical (unpaired) electrons. The lowest BCUT2D eigenvalue weighted by atomic mass is 10.3. The summed E-state index contributed by atoms with van der Waals surface area (Å²) in [5.41, 5.74) is 2.09. The average Bonchev–Trinajstić information content (AvgIpc) is 1.83. The Kier molecular flexibility index (Phi) is 3.50. The fourth-order valence-corrected chi connectivity index (χ4v) is 0.275. The van der Waals surface area contributed by atoms with Crippen LogP contribution < -0.4 is 5.43 Å². The number of rotatable bonds is 3. The minimum absolute atomic E-state index is 0.424. The normalized spacial score (nSPS) is 11.5. The molecule has 1 unspecified atom stereocenters. The molecule has 0 aliphatic rings. The van der Waals surface area contributed by atoms with Crippen LogP contribution in [0.15, 0.2) is 5.29 Å². The van der Waals surface area contributed by atoms with E-state index in [1.165, 1.54) is 0 Å². The quantitative estimate of drug-likeness (QED) is 0.429. The highest BCUT2D eigenvalue weighted by Gasteiger charge is 1.98. The number of nitroso groups, excluding NO2 is 1. The number of hydrogen-bond acceptors (Lipinski definition) is 3. The van der Waals surface area contributed by atoms with E-state index in [9.17, 15) is 4.91 Å². The van der Waals surface area contributed by atoms with E-state index in [4.69, 9.17) is 5.26 Å². The third kappa shape index (κ3) is 2.13. The van der Waals surface area contributed by atoms with E-state index in [1.54, 1.807) is 6.92 Å². The van der Waals surface area contributed by atoms with Gasteiger partial charge in [-0.3, -0.25) is 5.43 Å². The first-order chi connectivity index (χ1) is 3.85. The van der Waals surface area contributed by atoms with Crippen LogP contribution in [0.5, 0.6) is 0 Å². The molecule has 4 nitrogen and oxygen atoms in total. The van der Waals surface area contributed by atoms with Gasteiger partial charge in [-0.15, -0.1) is 4.91 Å². The first-order valence-corrected chi connectivity index (χ1v) is 2.32. The van der Waals surface area contributed by atoms with Crippen LogP contribution in [0.4, 0.5) is 0 Å². The number of nitriles is 1. The zero-order valence-electron chi connectivity index (χ0n) is 4.59. The highest BCUT2D eigenvalue weighted by molar-refractivity contribution is 4.86. The lowest BCUT2D eigenvalue weighted by Gasteiger charge is -1.97. The molecule has 0 aliphatic heterocycles. The molecule has 1 atom stereocenters. The Morgan fingerprint density at radius 3 is 2.75 bits per heavy atom. The van der Waals surface area contributed by atoms with E-state index in [2.05, 4.69) is 10.7 Å². The molecule has 0 bridgehead atoms. The van der Waals surface area contributed by atoms with E-state index in [0.29, 0.717) is 6.42 Å². The Labute approximate surface area is 47.4 Å². The molecule has 0 saturated heterocycles. The van der Waals surface area contributed by atoms with Crippen molar-refractivity contribution in [1.82, 2.24) is 5.43 Å². The van der Waals surface area contributed by atoms with Gasteiger partial charge in [-0.2, -0.15) is 5.26 Å². The van der Waals surface area contributed by atoms with Gasteiger partial charge in [0.15, 0.2) is 0 Å². The van der Waals surface area contributed by atoms with Crippen molar-refractivity contribution in [2.75, 3.05) is 0 Å². The number of nitrogens with zero attached hydrogens (tertiary/aromatic N) is 2. The zero-order chi connectivity index (χ0) is 6.41. The molecule has 0 aliphatic carbocycles. The molecular formula is C4H7N3O. The smallest absolute Gasteiger partial charge is 0.133 e. The van der Waals surface area contributed by atoms with E-state index in [1.807, 2.05) is 6.07 Å². The second-order valence-corrected chi connectivity index (χ2v) is 1.31. The maximum atomic E-state index is 9.42. The fraction of sp³-hybridized carbons (Fsp3) is 0.750. The summed E-state index contributed by atoms with van der Waals surface area (Å²) in [6, 6.07) is 1.42. The molecule has 0 heterocycles. The highest BCUT2D eigenvalue weighted by Crippen LogP contribution is 1.85. The molecule has 0 fully saturated rings. The molecule has 0 rings (SSSR count). The molecule has 8 heavy (non-hydrogen) atoms. The van der Waals surface area contributed by atoms with Gasteiger partial charge in [-0.05, 0) is 6.42 Å². The predicted octanol–water partition coefficient (Wildman–Crippen LogP) is 0.560. The summed E-state index contributed by atoms with van der Waals surface area (Å²) < 4.78 is 0. The van der Waals surface area contributed by atoms with Gasteiger partial charge in [-0.25, -0.2) is 0 Å². The van der Waals surface area contributed by atoms with Crippen molar-refractivity contribution in [3.63, 3.8) is 0 Å². The summed E-state index contributed by atoms with van der Waals surface area (Å²) >= 11 is 0. The average molecular weight is 113 g/mol. The van der Waals surface area contributed by atoms with Gasteiger partial charge >= 0.3 is 0 Å². The summed E-state index contributed by atoms with van der Waals surface area (Å²) in [6.07, 6.45) is 0.599. The first-order valence-electron chi connectivity index (χ1n) is 2.32. The van der Waals surface area contributed by atoms with Crippen LogP contribution >= 0.6 is 0 Å². The molecule has 1 N–H and O–H groups in total. The van der Waals surface area contributed by atoms with Crippen molar-refractivity contribution < 1.29 is 0 Å². The van der Waals surface area contributed by atoms with Gasteiger partial charge in [0.05, 0.1) is 11.4 Å².